The second kappa shape index (κ2) is 10.1. The first-order valence-electron chi connectivity index (χ1n) is 7.30. The van der Waals surface area contributed by atoms with Crippen molar-refractivity contribution >= 4 is 23.5 Å². The first kappa shape index (κ1) is 19.3. The van der Waals surface area contributed by atoms with Crippen LogP contribution in [0.5, 0.6) is 5.75 Å². The van der Waals surface area contributed by atoms with Gasteiger partial charge in [-0.1, -0.05) is 11.6 Å². The van der Waals surface area contributed by atoms with Crippen molar-refractivity contribution in [2.75, 3.05) is 47.4 Å². The SMILES string of the molecule is COC(=O)CCN(CCN(C)C)C(=O)COc1ccc(Cl)cc1. The highest BCUT2D eigenvalue weighted by Crippen LogP contribution is 2.15. The van der Waals surface area contributed by atoms with Gasteiger partial charge in [-0.3, -0.25) is 9.59 Å². The Balaban J connectivity index is 2.54. The second-order valence-electron chi connectivity index (χ2n) is 5.25. The maximum atomic E-state index is 12.3. The third kappa shape index (κ3) is 7.85. The van der Waals surface area contributed by atoms with Crippen LogP contribution >= 0.6 is 11.6 Å². The molecule has 1 rings (SSSR count). The van der Waals surface area contributed by atoms with Crippen LogP contribution < -0.4 is 4.74 Å². The second-order valence-corrected chi connectivity index (χ2v) is 5.69. The molecule has 0 fully saturated rings. The summed E-state index contributed by atoms with van der Waals surface area (Å²) in [5.74, 6) is 0.0558. The number of ether oxygens (including phenoxy) is 2. The van der Waals surface area contributed by atoms with Crippen molar-refractivity contribution < 1.29 is 19.1 Å². The summed E-state index contributed by atoms with van der Waals surface area (Å²) in [6.45, 7) is 1.44. The van der Waals surface area contributed by atoms with E-state index in [0.717, 1.165) is 0 Å². The lowest BCUT2D eigenvalue weighted by molar-refractivity contribution is -0.142. The standard InChI is InChI=1S/C16H23ClN2O4/c1-18(2)10-11-19(9-8-16(21)22-3)15(20)12-23-14-6-4-13(17)5-7-14/h4-7H,8-12H2,1-3H3. The number of nitrogens with zero attached hydrogens (tertiary/aromatic N) is 2. The molecule has 7 heteroatoms. The number of hydrogen-bond acceptors (Lipinski definition) is 5. The molecular weight excluding hydrogens is 320 g/mol. The Morgan fingerprint density at radius 2 is 1.74 bits per heavy atom. The van der Waals surface area contributed by atoms with Gasteiger partial charge < -0.3 is 19.3 Å². The highest BCUT2D eigenvalue weighted by Gasteiger charge is 2.16. The van der Waals surface area contributed by atoms with Crippen molar-refractivity contribution in [1.82, 2.24) is 9.80 Å². The van der Waals surface area contributed by atoms with Crippen molar-refractivity contribution in [1.29, 1.82) is 0 Å². The van der Waals surface area contributed by atoms with E-state index in [9.17, 15) is 9.59 Å². The van der Waals surface area contributed by atoms with E-state index in [1.807, 2.05) is 19.0 Å². The van der Waals surface area contributed by atoms with Crippen LogP contribution in [0, 0.1) is 0 Å². The highest BCUT2D eigenvalue weighted by atomic mass is 35.5. The fourth-order valence-electron chi connectivity index (χ4n) is 1.78. The molecule has 0 aromatic heterocycles. The van der Waals surface area contributed by atoms with Crippen LogP contribution in [0.3, 0.4) is 0 Å². The minimum atomic E-state index is -0.341. The van der Waals surface area contributed by atoms with Crippen LogP contribution in [-0.2, 0) is 14.3 Å². The molecule has 0 bridgehead atoms. The topological polar surface area (TPSA) is 59.1 Å². The van der Waals surface area contributed by atoms with E-state index in [-0.39, 0.29) is 24.9 Å². The minimum absolute atomic E-state index is 0.0871. The Morgan fingerprint density at radius 1 is 1.09 bits per heavy atom. The number of likely N-dealkylation sites (N-methyl/N-ethyl adjacent to an activating group) is 1. The Kier molecular flexibility index (Phi) is 8.43. The quantitative estimate of drug-likeness (QED) is 0.639. The molecule has 0 radical (unpaired) electrons. The third-order valence-electron chi connectivity index (χ3n) is 3.16. The smallest absolute Gasteiger partial charge is 0.307 e. The molecule has 0 unspecified atom stereocenters. The van der Waals surface area contributed by atoms with Gasteiger partial charge in [0.25, 0.3) is 5.91 Å². The summed E-state index contributed by atoms with van der Waals surface area (Å²) >= 11 is 5.80. The Morgan fingerprint density at radius 3 is 2.30 bits per heavy atom. The number of halogens is 1. The summed E-state index contributed by atoms with van der Waals surface area (Å²) < 4.78 is 10.1. The van der Waals surface area contributed by atoms with Crippen LogP contribution in [-0.4, -0.2) is 69.1 Å². The fourth-order valence-corrected chi connectivity index (χ4v) is 1.90. The largest absolute Gasteiger partial charge is 0.484 e. The lowest BCUT2D eigenvalue weighted by atomic mass is 10.3. The molecule has 0 aliphatic rings. The summed E-state index contributed by atoms with van der Waals surface area (Å²) in [5, 5.41) is 0.606. The van der Waals surface area contributed by atoms with Crippen molar-refractivity contribution in [3.05, 3.63) is 29.3 Å². The summed E-state index contributed by atoms with van der Waals surface area (Å²) in [6.07, 6.45) is 0.163. The first-order valence-corrected chi connectivity index (χ1v) is 7.68. The van der Waals surface area contributed by atoms with E-state index < -0.39 is 0 Å². The lowest BCUT2D eigenvalue weighted by Crippen LogP contribution is -2.40. The zero-order valence-electron chi connectivity index (χ0n) is 13.8. The number of methoxy groups -OCH3 is 1. The zero-order valence-corrected chi connectivity index (χ0v) is 14.5. The van der Waals surface area contributed by atoms with E-state index in [1.54, 1.807) is 29.2 Å². The predicted molar refractivity (Wildman–Crippen MR) is 88.7 cm³/mol. The van der Waals surface area contributed by atoms with Crippen LogP contribution in [0.1, 0.15) is 6.42 Å². The van der Waals surface area contributed by atoms with Gasteiger partial charge in [0.05, 0.1) is 13.5 Å². The number of hydrogen-bond donors (Lipinski definition) is 0. The molecule has 6 nitrogen and oxygen atoms in total. The van der Waals surface area contributed by atoms with Gasteiger partial charge in [0.1, 0.15) is 5.75 Å². The van der Waals surface area contributed by atoms with Crippen LogP contribution in [0.2, 0.25) is 5.02 Å². The number of carbonyl (C=O) groups excluding carboxylic acids is 2. The van der Waals surface area contributed by atoms with Gasteiger partial charge in [0.15, 0.2) is 6.61 Å². The maximum Gasteiger partial charge on any atom is 0.307 e. The number of carbonyl (C=O) groups is 2. The molecule has 0 heterocycles. The van der Waals surface area contributed by atoms with E-state index >= 15 is 0 Å². The number of esters is 1. The predicted octanol–water partition coefficient (Wildman–Crippen LogP) is 1.67. The maximum absolute atomic E-state index is 12.3. The van der Waals surface area contributed by atoms with Gasteiger partial charge in [-0.25, -0.2) is 0 Å². The molecule has 0 saturated heterocycles. The van der Waals surface area contributed by atoms with Gasteiger partial charge in [-0.05, 0) is 38.4 Å². The Bertz CT molecular complexity index is 505. The normalized spacial score (nSPS) is 10.5. The molecule has 0 saturated carbocycles. The summed E-state index contributed by atoms with van der Waals surface area (Å²) in [6, 6.07) is 6.80. The number of benzene rings is 1. The average Bonchev–Trinajstić information content (AvgIpc) is 2.53. The zero-order chi connectivity index (χ0) is 17.2. The van der Waals surface area contributed by atoms with E-state index in [4.69, 9.17) is 16.3 Å². The van der Waals surface area contributed by atoms with Gasteiger partial charge in [0, 0.05) is 24.7 Å². The summed E-state index contributed by atoms with van der Waals surface area (Å²) in [4.78, 5) is 27.1. The molecule has 1 aromatic carbocycles. The minimum Gasteiger partial charge on any atom is -0.484 e. The monoisotopic (exact) mass is 342 g/mol. The lowest BCUT2D eigenvalue weighted by Gasteiger charge is -2.24. The molecule has 0 aliphatic heterocycles. The van der Waals surface area contributed by atoms with Crippen molar-refractivity contribution in [2.45, 2.75) is 6.42 Å². The first-order chi connectivity index (χ1) is 10.9. The Labute approximate surface area is 141 Å². The van der Waals surface area contributed by atoms with Gasteiger partial charge in [-0.2, -0.15) is 0 Å². The van der Waals surface area contributed by atoms with Crippen molar-refractivity contribution in [3.8, 4) is 5.75 Å². The summed E-state index contributed by atoms with van der Waals surface area (Å²) in [7, 11) is 5.18. The van der Waals surface area contributed by atoms with E-state index in [2.05, 4.69) is 4.74 Å². The van der Waals surface area contributed by atoms with Crippen LogP contribution in [0.4, 0.5) is 0 Å². The molecule has 0 atom stereocenters. The Hall–Kier alpha value is -1.79. The van der Waals surface area contributed by atoms with E-state index in [0.29, 0.717) is 30.4 Å². The van der Waals surface area contributed by atoms with Gasteiger partial charge >= 0.3 is 5.97 Å². The molecular formula is C16H23ClN2O4. The van der Waals surface area contributed by atoms with E-state index in [1.165, 1.54) is 7.11 Å². The summed E-state index contributed by atoms with van der Waals surface area (Å²) in [5.41, 5.74) is 0. The third-order valence-corrected chi connectivity index (χ3v) is 3.41. The van der Waals surface area contributed by atoms with Gasteiger partial charge in [-0.15, -0.1) is 0 Å². The molecule has 23 heavy (non-hydrogen) atoms. The van der Waals surface area contributed by atoms with Crippen LogP contribution in [0.25, 0.3) is 0 Å². The number of rotatable bonds is 9. The molecule has 0 aliphatic carbocycles. The highest BCUT2D eigenvalue weighted by molar-refractivity contribution is 6.30. The van der Waals surface area contributed by atoms with Crippen molar-refractivity contribution in [3.63, 3.8) is 0 Å². The average molecular weight is 343 g/mol. The van der Waals surface area contributed by atoms with Crippen LogP contribution in [0.15, 0.2) is 24.3 Å². The van der Waals surface area contributed by atoms with Crippen molar-refractivity contribution in [2.24, 2.45) is 0 Å². The molecule has 128 valence electrons. The molecule has 1 amide bonds. The molecule has 0 spiro atoms. The number of amides is 1. The fraction of sp³-hybridized carbons (Fsp3) is 0.500. The molecule has 0 N–H and O–H groups in total. The van der Waals surface area contributed by atoms with Gasteiger partial charge in [0.2, 0.25) is 0 Å². The molecule has 1 aromatic rings.